The zero-order chi connectivity index (χ0) is 18.2. The molecule has 1 aromatic carbocycles. The molecule has 0 spiro atoms. The Morgan fingerprint density at radius 1 is 1.15 bits per heavy atom. The summed E-state index contributed by atoms with van der Waals surface area (Å²) in [6.07, 6.45) is 2.25. The van der Waals surface area contributed by atoms with Crippen LogP contribution in [0.2, 0.25) is 0 Å². The second-order valence-corrected chi connectivity index (χ2v) is 5.99. The fraction of sp³-hybridized carbons (Fsp3) is 0.444. The molecule has 0 saturated carbocycles. The van der Waals surface area contributed by atoms with E-state index in [2.05, 4.69) is 25.2 Å². The first kappa shape index (κ1) is 18.1. The van der Waals surface area contributed by atoms with Gasteiger partial charge >= 0.3 is 6.01 Å². The minimum Gasteiger partial charge on any atom is -0.467 e. The highest BCUT2D eigenvalue weighted by molar-refractivity contribution is 5.77. The lowest BCUT2D eigenvalue weighted by molar-refractivity contribution is -0.126. The molecule has 2 aromatic rings. The van der Waals surface area contributed by atoms with Crippen LogP contribution in [0.15, 0.2) is 30.3 Å². The molecule has 1 aliphatic rings. The molecule has 0 aliphatic carbocycles. The average molecular weight is 357 g/mol. The molecule has 0 bridgehead atoms. The summed E-state index contributed by atoms with van der Waals surface area (Å²) < 4.78 is 10.6. The summed E-state index contributed by atoms with van der Waals surface area (Å²) in [6.45, 7) is 2.43. The Morgan fingerprint density at radius 3 is 2.65 bits per heavy atom. The Morgan fingerprint density at radius 2 is 1.92 bits per heavy atom. The number of ether oxygens (including phenoxy) is 2. The number of rotatable bonds is 8. The first-order valence-electron chi connectivity index (χ1n) is 8.67. The van der Waals surface area contributed by atoms with Crippen molar-refractivity contribution in [2.45, 2.75) is 26.0 Å². The van der Waals surface area contributed by atoms with Crippen molar-refractivity contribution >= 4 is 11.9 Å². The predicted octanol–water partition coefficient (Wildman–Crippen LogP) is 1.31. The smallest absolute Gasteiger partial charge is 0.321 e. The molecule has 8 heteroatoms. The third-order valence-electron chi connectivity index (χ3n) is 4.01. The molecular weight excluding hydrogens is 334 g/mol. The summed E-state index contributed by atoms with van der Waals surface area (Å²) in [4.78, 5) is 27.0. The highest BCUT2D eigenvalue weighted by atomic mass is 16.5. The van der Waals surface area contributed by atoms with Crippen molar-refractivity contribution in [3.63, 3.8) is 0 Å². The van der Waals surface area contributed by atoms with Gasteiger partial charge in [0.1, 0.15) is 6.61 Å². The summed E-state index contributed by atoms with van der Waals surface area (Å²) >= 11 is 0. The van der Waals surface area contributed by atoms with Crippen LogP contribution in [0.1, 0.15) is 24.2 Å². The highest BCUT2D eigenvalue weighted by Crippen LogP contribution is 2.17. The van der Waals surface area contributed by atoms with Crippen molar-refractivity contribution in [2.24, 2.45) is 0 Å². The SMILES string of the molecule is COc1nc(CNC(=O)COCc2ccccc2)nc(N2CCCC2)n1. The number of nitrogens with one attached hydrogen (secondary N) is 1. The van der Waals surface area contributed by atoms with E-state index in [1.54, 1.807) is 0 Å². The second kappa shape index (κ2) is 9.10. The summed E-state index contributed by atoms with van der Waals surface area (Å²) in [7, 11) is 1.52. The maximum atomic E-state index is 12.0. The number of methoxy groups -OCH3 is 1. The lowest BCUT2D eigenvalue weighted by atomic mass is 10.2. The number of amides is 1. The van der Waals surface area contributed by atoms with Crippen molar-refractivity contribution in [3.8, 4) is 6.01 Å². The molecule has 1 N–H and O–H groups in total. The molecule has 1 saturated heterocycles. The second-order valence-electron chi connectivity index (χ2n) is 5.99. The zero-order valence-corrected chi connectivity index (χ0v) is 14.9. The molecule has 0 unspecified atom stereocenters. The normalized spacial score (nSPS) is 13.7. The van der Waals surface area contributed by atoms with E-state index in [-0.39, 0.29) is 25.1 Å². The Labute approximate surface area is 152 Å². The van der Waals surface area contributed by atoms with Crippen LogP contribution in [0.4, 0.5) is 5.95 Å². The van der Waals surface area contributed by atoms with Gasteiger partial charge in [-0.1, -0.05) is 30.3 Å². The number of nitrogens with zero attached hydrogens (tertiary/aromatic N) is 4. The third kappa shape index (κ3) is 5.13. The van der Waals surface area contributed by atoms with Crippen LogP contribution in [0.25, 0.3) is 0 Å². The van der Waals surface area contributed by atoms with Crippen LogP contribution in [0.3, 0.4) is 0 Å². The molecule has 1 fully saturated rings. The van der Waals surface area contributed by atoms with Gasteiger partial charge in [-0.2, -0.15) is 15.0 Å². The third-order valence-corrected chi connectivity index (χ3v) is 4.01. The van der Waals surface area contributed by atoms with Crippen molar-refractivity contribution in [3.05, 3.63) is 41.7 Å². The van der Waals surface area contributed by atoms with Crippen molar-refractivity contribution < 1.29 is 14.3 Å². The van der Waals surface area contributed by atoms with Crippen molar-refractivity contribution in [1.29, 1.82) is 0 Å². The molecule has 1 aliphatic heterocycles. The molecule has 8 nitrogen and oxygen atoms in total. The van der Waals surface area contributed by atoms with Crippen LogP contribution >= 0.6 is 0 Å². The Hall–Kier alpha value is -2.74. The molecule has 138 valence electrons. The van der Waals surface area contributed by atoms with E-state index in [1.807, 2.05) is 30.3 Å². The van der Waals surface area contributed by atoms with Gasteiger partial charge in [-0.05, 0) is 18.4 Å². The molecular formula is C18H23N5O3. The predicted molar refractivity (Wildman–Crippen MR) is 95.8 cm³/mol. The van der Waals surface area contributed by atoms with E-state index in [4.69, 9.17) is 9.47 Å². The van der Waals surface area contributed by atoms with Gasteiger partial charge < -0.3 is 19.7 Å². The largest absolute Gasteiger partial charge is 0.467 e. The van der Waals surface area contributed by atoms with Crippen LogP contribution in [-0.4, -0.2) is 47.7 Å². The van der Waals surface area contributed by atoms with Gasteiger partial charge in [0.2, 0.25) is 11.9 Å². The van der Waals surface area contributed by atoms with Gasteiger partial charge in [-0.15, -0.1) is 0 Å². The number of benzene rings is 1. The Bertz CT molecular complexity index is 720. The van der Waals surface area contributed by atoms with Crippen LogP contribution in [-0.2, 0) is 22.7 Å². The van der Waals surface area contributed by atoms with E-state index in [0.717, 1.165) is 31.5 Å². The van der Waals surface area contributed by atoms with Gasteiger partial charge in [-0.3, -0.25) is 4.79 Å². The fourth-order valence-electron chi connectivity index (χ4n) is 2.68. The number of carbonyl (C=O) groups is 1. The zero-order valence-electron chi connectivity index (χ0n) is 14.9. The number of hydrogen-bond acceptors (Lipinski definition) is 7. The molecule has 3 rings (SSSR count). The van der Waals surface area contributed by atoms with E-state index >= 15 is 0 Å². The number of carbonyl (C=O) groups excluding carboxylic acids is 1. The monoisotopic (exact) mass is 357 g/mol. The quantitative estimate of drug-likeness (QED) is 0.762. The van der Waals surface area contributed by atoms with Gasteiger partial charge in [0.05, 0.1) is 20.3 Å². The Balaban J connectivity index is 1.50. The summed E-state index contributed by atoms with van der Waals surface area (Å²) in [6, 6.07) is 9.97. The maximum absolute atomic E-state index is 12.0. The highest BCUT2D eigenvalue weighted by Gasteiger charge is 2.17. The summed E-state index contributed by atoms with van der Waals surface area (Å²) in [5, 5.41) is 2.76. The minimum absolute atomic E-state index is 0.0178. The molecule has 1 amide bonds. The number of anilines is 1. The first-order valence-corrected chi connectivity index (χ1v) is 8.67. The van der Waals surface area contributed by atoms with Crippen molar-refractivity contribution in [2.75, 3.05) is 31.7 Å². The lowest BCUT2D eigenvalue weighted by Crippen LogP contribution is -2.29. The van der Waals surface area contributed by atoms with E-state index in [1.165, 1.54) is 7.11 Å². The first-order chi connectivity index (χ1) is 12.7. The summed E-state index contributed by atoms with van der Waals surface area (Å²) in [5.41, 5.74) is 1.03. The van der Waals surface area contributed by atoms with Crippen LogP contribution in [0, 0.1) is 0 Å². The fourth-order valence-corrected chi connectivity index (χ4v) is 2.68. The molecule has 0 atom stereocenters. The van der Waals surface area contributed by atoms with Crippen molar-refractivity contribution in [1.82, 2.24) is 20.3 Å². The van der Waals surface area contributed by atoms with Gasteiger partial charge in [0, 0.05) is 13.1 Å². The topological polar surface area (TPSA) is 89.5 Å². The van der Waals surface area contributed by atoms with E-state index in [0.29, 0.717) is 18.4 Å². The van der Waals surface area contributed by atoms with E-state index in [9.17, 15) is 4.79 Å². The molecule has 0 radical (unpaired) electrons. The Kier molecular flexibility index (Phi) is 6.32. The molecule has 1 aromatic heterocycles. The standard InChI is InChI=1S/C18H23N5O3/c1-25-18-21-15(20-17(22-18)23-9-5-6-10-23)11-19-16(24)13-26-12-14-7-3-2-4-8-14/h2-4,7-8H,5-6,9-13H2,1H3,(H,19,24). The van der Waals surface area contributed by atoms with Gasteiger partial charge in [0.25, 0.3) is 0 Å². The van der Waals surface area contributed by atoms with E-state index < -0.39 is 0 Å². The lowest BCUT2D eigenvalue weighted by Gasteiger charge is -2.16. The summed E-state index contributed by atoms with van der Waals surface area (Å²) in [5.74, 6) is 0.845. The van der Waals surface area contributed by atoms with Gasteiger partial charge in [-0.25, -0.2) is 0 Å². The number of aromatic nitrogens is 3. The van der Waals surface area contributed by atoms with Crippen LogP contribution < -0.4 is 15.0 Å². The maximum Gasteiger partial charge on any atom is 0.321 e. The van der Waals surface area contributed by atoms with Crippen LogP contribution in [0.5, 0.6) is 6.01 Å². The van der Waals surface area contributed by atoms with Gasteiger partial charge in [0.15, 0.2) is 5.82 Å². The average Bonchev–Trinajstić information content (AvgIpc) is 3.22. The minimum atomic E-state index is -0.219. The number of hydrogen-bond donors (Lipinski definition) is 1. The molecule has 2 heterocycles. The molecule has 26 heavy (non-hydrogen) atoms.